The fourth-order valence-corrected chi connectivity index (χ4v) is 3.57. The van der Waals surface area contributed by atoms with Gasteiger partial charge in [-0.2, -0.15) is 8.42 Å². The van der Waals surface area contributed by atoms with Crippen LogP contribution in [0.3, 0.4) is 0 Å². The van der Waals surface area contributed by atoms with Crippen molar-refractivity contribution in [2.75, 3.05) is 13.2 Å². The summed E-state index contributed by atoms with van der Waals surface area (Å²) in [7, 11) is -5.10. The minimum Gasteiger partial charge on any atom is -0.481 e. The molecule has 0 saturated heterocycles. The van der Waals surface area contributed by atoms with Crippen LogP contribution >= 0.6 is 0 Å². The van der Waals surface area contributed by atoms with Gasteiger partial charge in [0, 0.05) is 19.6 Å². The van der Waals surface area contributed by atoms with Crippen LogP contribution < -0.4 is 0 Å². The van der Waals surface area contributed by atoms with Crippen molar-refractivity contribution in [3.05, 3.63) is 0 Å². The van der Waals surface area contributed by atoms with Crippen molar-refractivity contribution in [3.8, 4) is 0 Å². The molecule has 0 aromatic heterocycles. The van der Waals surface area contributed by atoms with E-state index in [1.54, 1.807) is 0 Å². The fraction of sp³-hybridized carbons (Fsp3) is 0.882. The molecule has 8 nitrogen and oxygen atoms in total. The van der Waals surface area contributed by atoms with E-state index >= 15 is 0 Å². The van der Waals surface area contributed by atoms with Crippen molar-refractivity contribution in [1.82, 2.24) is 0 Å². The number of hydrogen-bond acceptors (Lipinski definition) is 5. The smallest absolute Gasteiger partial charge is 0.328 e. The largest absolute Gasteiger partial charge is 0.481 e. The number of carbonyl (C=O) groups is 2. The molecule has 0 aliphatic heterocycles. The van der Waals surface area contributed by atoms with E-state index in [0.29, 0.717) is 6.61 Å². The first-order chi connectivity index (χ1) is 12.2. The third-order valence-electron chi connectivity index (χ3n) is 4.36. The highest BCUT2D eigenvalue weighted by molar-refractivity contribution is 7.88. The molecule has 0 aliphatic carbocycles. The van der Waals surface area contributed by atoms with Gasteiger partial charge in [-0.05, 0) is 6.42 Å². The summed E-state index contributed by atoms with van der Waals surface area (Å²) >= 11 is 0. The molecular formula is C17H32O8S. The van der Waals surface area contributed by atoms with Gasteiger partial charge >= 0.3 is 11.9 Å². The lowest BCUT2D eigenvalue weighted by Crippen LogP contribution is -2.48. The highest BCUT2D eigenvalue weighted by atomic mass is 32.2. The topological polar surface area (TPSA) is 138 Å². The first kappa shape index (κ1) is 24.8. The summed E-state index contributed by atoms with van der Waals surface area (Å²) in [6.45, 7) is 2.26. The molecule has 26 heavy (non-hydrogen) atoms. The monoisotopic (exact) mass is 396 g/mol. The Morgan fingerprint density at radius 1 is 0.885 bits per heavy atom. The maximum Gasteiger partial charge on any atom is 0.328 e. The molecule has 0 spiro atoms. The second-order valence-corrected chi connectivity index (χ2v) is 8.27. The average molecular weight is 397 g/mol. The van der Waals surface area contributed by atoms with Crippen LogP contribution in [-0.2, 0) is 24.4 Å². The normalized spacial score (nSPS) is 14.1. The predicted octanol–water partition coefficient (Wildman–Crippen LogP) is 3.11. The van der Waals surface area contributed by atoms with E-state index in [2.05, 4.69) is 6.92 Å². The lowest BCUT2D eigenvalue weighted by Gasteiger charge is -2.24. The third-order valence-corrected chi connectivity index (χ3v) is 5.87. The zero-order chi connectivity index (χ0) is 20.1. The van der Waals surface area contributed by atoms with Gasteiger partial charge in [-0.3, -0.25) is 14.1 Å². The molecule has 1 unspecified atom stereocenters. The molecule has 9 heteroatoms. The zero-order valence-electron chi connectivity index (χ0n) is 15.5. The Morgan fingerprint density at radius 2 is 1.38 bits per heavy atom. The van der Waals surface area contributed by atoms with E-state index in [9.17, 15) is 22.6 Å². The van der Waals surface area contributed by atoms with Gasteiger partial charge in [-0.15, -0.1) is 0 Å². The quantitative estimate of drug-likeness (QED) is 0.252. The van der Waals surface area contributed by atoms with Gasteiger partial charge in [-0.25, -0.2) is 0 Å². The van der Waals surface area contributed by atoms with Gasteiger partial charge in [0.05, 0.1) is 6.42 Å². The molecule has 0 aliphatic rings. The Kier molecular flexibility index (Phi) is 12.5. The van der Waals surface area contributed by atoms with Gasteiger partial charge in [-0.1, -0.05) is 58.3 Å². The molecule has 0 aromatic carbocycles. The molecule has 0 bridgehead atoms. The molecule has 0 heterocycles. The summed E-state index contributed by atoms with van der Waals surface area (Å²) in [5.41, 5.74) is 0. The van der Waals surface area contributed by atoms with Crippen molar-refractivity contribution >= 4 is 22.1 Å². The van der Waals surface area contributed by atoms with Gasteiger partial charge in [0.1, 0.15) is 0 Å². The van der Waals surface area contributed by atoms with E-state index in [0.717, 1.165) is 25.7 Å². The SMILES string of the molecule is CCCCCCCCCCCOCCC(CC(=O)O)(C(=O)O)S(=O)(=O)O. The maximum absolute atomic E-state index is 11.4. The molecule has 0 radical (unpaired) electrons. The lowest BCUT2D eigenvalue weighted by molar-refractivity contribution is -0.147. The van der Waals surface area contributed by atoms with Crippen molar-refractivity contribution < 1.29 is 37.5 Å². The lowest BCUT2D eigenvalue weighted by atomic mass is 10.0. The summed E-state index contributed by atoms with van der Waals surface area (Å²) in [4.78, 5) is 22.1. The van der Waals surface area contributed by atoms with Crippen LogP contribution in [0.15, 0.2) is 0 Å². The minimum absolute atomic E-state index is 0.254. The molecular weight excluding hydrogens is 364 g/mol. The molecule has 3 N–H and O–H groups in total. The molecule has 154 valence electrons. The van der Waals surface area contributed by atoms with E-state index in [1.807, 2.05) is 0 Å². The highest BCUT2D eigenvalue weighted by Crippen LogP contribution is 2.26. The van der Waals surface area contributed by atoms with E-state index < -0.39 is 39.6 Å². The van der Waals surface area contributed by atoms with E-state index in [-0.39, 0.29) is 6.61 Å². The predicted molar refractivity (Wildman–Crippen MR) is 96.8 cm³/mol. The maximum atomic E-state index is 11.4. The van der Waals surface area contributed by atoms with Crippen LogP contribution in [-0.4, -0.2) is 53.1 Å². The second kappa shape index (κ2) is 13.1. The van der Waals surface area contributed by atoms with E-state index in [4.69, 9.17) is 14.9 Å². The van der Waals surface area contributed by atoms with Crippen molar-refractivity contribution in [2.45, 2.75) is 82.3 Å². The minimum atomic E-state index is -5.10. The first-order valence-corrected chi connectivity index (χ1v) is 10.6. The molecule has 0 fully saturated rings. The van der Waals surface area contributed by atoms with Crippen LogP contribution in [0.25, 0.3) is 0 Å². The number of rotatable bonds is 17. The van der Waals surface area contributed by atoms with Crippen LogP contribution in [0.2, 0.25) is 0 Å². The van der Waals surface area contributed by atoms with E-state index in [1.165, 1.54) is 32.1 Å². The standard InChI is InChI=1S/C17H32O8S/c1-2-3-4-5-6-7-8-9-10-12-25-13-11-17(16(20)21,14-15(18)19)26(22,23)24/h2-14H2,1H3,(H,18,19)(H,20,21)(H,22,23,24). The van der Waals surface area contributed by atoms with Gasteiger partial charge in [0.15, 0.2) is 0 Å². The van der Waals surface area contributed by atoms with Crippen LogP contribution in [0.5, 0.6) is 0 Å². The number of unbranched alkanes of at least 4 members (excludes halogenated alkanes) is 8. The number of hydrogen-bond donors (Lipinski definition) is 3. The average Bonchev–Trinajstić information content (AvgIpc) is 2.53. The van der Waals surface area contributed by atoms with Crippen molar-refractivity contribution in [1.29, 1.82) is 0 Å². The zero-order valence-corrected chi connectivity index (χ0v) is 16.3. The molecule has 0 saturated carbocycles. The Morgan fingerprint density at radius 3 is 1.81 bits per heavy atom. The van der Waals surface area contributed by atoms with Crippen LogP contribution in [0, 0.1) is 0 Å². The summed E-state index contributed by atoms with van der Waals surface area (Å²) in [6.07, 6.45) is 8.37. The van der Waals surface area contributed by atoms with Crippen molar-refractivity contribution in [3.63, 3.8) is 0 Å². The van der Waals surface area contributed by atoms with Crippen LogP contribution in [0.4, 0.5) is 0 Å². The van der Waals surface area contributed by atoms with Gasteiger partial charge < -0.3 is 14.9 Å². The Bertz CT molecular complexity index is 517. The second-order valence-electron chi connectivity index (χ2n) is 6.54. The fourth-order valence-electron chi connectivity index (χ4n) is 2.70. The third kappa shape index (κ3) is 9.49. The number of aliphatic carboxylic acids is 2. The Labute approximate surface area is 155 Å². The van der Waals surface area contributed by atoms with Gasteiger partial charge in [0.25, 0.3) is 10.1 Å². The summed E-state index contributed by atoms with van der Waals surface area (Å²) in [6, 6.07) is 0. The van der Waals surface area contributed by atoms with Crippen LogP contribution in [0.1, 0.15) is 77.6 Å². The number of ether oxygens (including phenoxy) is 1. The number of carboxylic acid groups (broad SMARTS) is 2. The molecule has 0 aromatic rings. The highest BCUT2D eigenvalue weighted by Gasteiger charge is 2.52. The van der Waals surface area contributed by atoms with Crippen molar-refractivity contribution in [2.24, 2.45) is 0 Å². The number of carboxylic acids is 2. The van der Waals surface area contributed by atoms with Gasteiger partial charge in [0.2, 0.25) is 4.75 Å². The molecule has 0 rings (SSSR count). The first-order valence-electron chi connectivity index (χ1n) is 9.17. The Balaban J connectivity index is 4.07. The summed E-state index contributed by atoms with van der Waals surface area (Å²) in [5.74, 6) is -3.52. The summed E-state index contributed by atoms with van der Waals surface area (Å²) < 4.78 is 34.5. The molecule has 1 atom stereocenters. The molecule has 0 amide bonds. The summed E-state index contributed by atoms with van der Waals surface area (Å²) in [5, 5.41) is 17.9. The Hall–Kier alpha value is -1.19.